The predicted octanol–water partition coefficient (Wildman–Crippen LogP) is 5.03. The number of hydrogen-bond acceptors (Lipinski definition) is 5. The molecule has 2 heterocycles. The van der Waals surface area contributed by atoms with Crippen LogP contribution in [0.1, 0.15) is 18.3 Å². The number of aromatic amines is 1. The fourth-order valence-electron chi connectivity index (χ4n) is 3.41. The van der Waals surface area contributed by atoms with Crippen LogP contribution in [-0.4, -0.2) is 38.0 Å². The second-order valence-corrected chi connectivity index (χ2v) is 8.73. The lowest BCUT2D eigenvalue weighted by molar-refractivity contribution is 0.274. The SMILES string of the molecule is Cc1nc(N[C@@H](CO)C(C)SCc2ccccc2)c2[nH]c(-c3ccccc3)cc2n1. The smallest absolute Gasteiger partial charge is 0.154 e. The number of aliphatic hydroxyl groups excluding tert-OH is 1. The maximum Gasteiger partial charge on any atom is 0.154 e. The summed E-state index contributed by atoms with van der Waals surface area (Å²) in [5, 5.41) is 13.7. The number of thioether (sulfide) groups is 1. The zero-order valence-electron chi connectivity index (χ0n) is 17.2. The van der Waals surface area contributed by atoms with E-state index in [2.05, 4.69) is 63.6 Å². The number of aryl methyl sites for hydroxylation is 1. The van der Waals surface area contributed by atoms with Crippen LogP contribution in [0.3, 0.4) is 0 Å². The standard InChI is InChI=1S/C24H26N4OS/c1-16(30-15-18-9-5-3-6-10-18)22(14-29)28-24-23-21(25-17(2)26-24)13-20(27-23)19-11-7-4-8-12-19/h3-13,16,22,27,29H,14-15H2,1-2H3,(H,25,26,28)/t16?,22-/m0/s1. The Bertz CT molecular complexity index is 1100. The van der Waals surface area contributed by atoms with Gasteiger partial charge in [-0.3, -0.25) is 0 Å². The van der Waals surface area contributed by atoms with Crippen LogP contribution in [-0.2, 0) is 5.75 Å². The average Bonchev–Trinajstić information content (AvgIpc) is 3.21. The maximum absolute atomic E-state index is 10.1. The van der Waals surface area contributed by atoms with Crippen molar-refractivity contribution in [1.29, 1.82) is 0 Å². The molecule has 0 saturated heterocycles. The van der Waals surface area contributed by atoms with Gasteiger partial charge in [0.2, 0.25) is 0 Å². The van der Waals surface area contributed by atoms with Gasteiger partial charge in [-0.1, -0.05) is 67.6 Å². The Morgan fingerprint density at radius 2 is 1.73 bits per heavy atom. The van der Waals surface area contributed by atoms with Crippen molar-refractivity contribution in [2.75, 3.05) is 11.9 Å². The largest absolute Gasteiger partial charge is 0.394 e. The summed E-state index contributed by atoms with van der Waals surface area (Å²) in [4.78, 5) is 12.7. The maximum atomic E-state index is 10.1. The summed E-state index contributed by atoms with van der Waals surface area (Å²) < 4.78 is 0. The van der Waals surface area contributed by atoms with E-state index < -0.39 is 0 Å². The van der Waals surface area contributed by atoms with Crippen LogP contribution < -0.4 is 5.32 Å². The van der Waals surface area contributed by atoms with Crippen LogP contribution in [0, 0.1) is 6.92 Å². The number of aromatic nitrogens is 3. The van der Waals surface area contributed by atoms with Crippen molar-refractivity contribution in [3.63, 3.8) is 0 Å². The molecule has 4 rings (SSSR count). The van der Waals surface area contributed by atoms with Crippen molar-refractivity contribution < 1.29 is 5.11 Å². The number of nitrogens with one attached hydrogen (secondary N) is 2. The highest BCUT2D eigenvalue weighted by Crippen LogP contribution is 2.28. The van der Waals surface area contributed by atoms with E-state index in [0.29, 0.717) is 5.82 Å². The van der Waals surface area contributed by atoms with Crippen LogP contribution in [0.5, 0.6) is 0 Å². The fraction of sp³-hybridized carbons (Fsp3) is 0.250. The molecule has 1 unspecified atom stereocenters. The first-order valence-electron chi connectivity index (χ1n) is 10.1. The normalized spacial score (nSPS) is 13.3. The van der Waals surface area contributed by atoms with Crippen LogP contribution in [0.25, 0.3) is 22.3 Å². The molecule has 0 amide bonds. The summed E-state index contributed by atoms with van der Waals surface area (Å²) in [6, 6.07) is 22.5. The van der Waals surface area contributed by atoms with E-state index in [0.717, 1.165) is 33.9 Å². The first-order valence-corrected chi connectivity index (χ1v) is 11.1. The Hall–Kier alpha value is -2.83. The van der Waals surface area contributed by atoms with Crippen molar-refractivity contribution in [1.82, 2.24) is 15.0 Å². The zero-order chi connectivity index (χ0) is 20.9. The number of hydrogen-bond donors (Lipinski definition) is 3. The van der Waals surface area contributed by atoms with Gasteiger partial charge in [-0.25, -0.2) is 9.97 Å². The first kappa shape index (κ1) is 20.4. The van der Waals surface area contributed by atoms with Crippen molar-refractivity contribution in [3.05, 3.63) is 78.1 Å². The molecule has 0 fully saturated rings. The summed E-state index contributed by atoms with van der Waals surface area (Å²) in [6.45, 7) is 4.05. The summed E-state index contributed by atoms with van der Waals surface area (Å²) in [5.74, 6) is 2.33. The molecule has 6 heteroatoms. The third kappa shape index (κ3) is 4.66. The van der Waals surface area contributed by atoms with Gasteiger partial charge in [0.1, 0.15) is 11.3 Å². The molecule has 2 aromatic heterocycles. The third-order valence-corrected chi connectivity index (χ3v) is 6.47. The van der Waals surface area contributed by atoms with Gasteiger partial charge >= 0.3 is 0 Å². The Labute approximate surface area is 181 Å². The number of anilines is 1. The molecular formula is C24H26N4OS. The van der Waals surface area contributed by atoms with E-state index in [1.165, 1.54) is 5.56 Å². The predicted molar refractivity (Wildman–Crippen MR) is 126 cm³/mol. The molecule has 0 bridgehead atoms. The second-order valence-electron chi connectivity index (χ2n) is 7.36. The van der Waals surface area contributed by atoms with Gasteiger partial charge in [-0.2, -0.15) is 11.8 Å². The van der Waals surface area contributed by atoms with E-state index in [9.17, 15) is 5.11 Å². The summed E-state index contributed by atoms with van der Waals surface area (Å²) >= 11 is 1.82. The van der Waals surface area contributed by atoms with E-state index in [1.54, 1.807) is 0 Å². The van der Waals surface area contributed by atoms with Crippen molar-refractivity contribution in [3.8, 4) is 11.3 Å². The lowest BCUT2D eigenvalue weighted by atomic mass is 10.2. The minimum atomic E-state index is -0.125. The Morgan fingerprint density at radius 3 is 2.43 bits per heavy atom. The van der Waals surface area contributed by atoms with Crippen molar-refractivity contribution in [2.24, 2.45) is 0 Å². The Morgan fingerprint density at radius 1 is 1.03 bits per heavy atom. The molecule has 30 heavy (non-hydrogen) atoms. The molecule has 2 aromatic carbocycles. The molecule has 4 aromatic rings. The van der Waals surface area contributed by atoms with Gasteiger partial charge < -0.3 is 15.4 Å². The van der Waals surface area contributed by atoms with E-state index >= 15 is 0 Å². The number of nitrogens with zero attached hydrogens (tertiary/aromatic N) is 2. The molecule has 3 N–H and O–H groups in total. The lowest BCUT2D eigenvalue weighted by Crippen LogP contribution is -2.33. The molecule has 0 saturated carbocycles. The highest BCUT2D eigenvalue weighted by atomic mass is 32.2. The number of rotatable bonds is 8. The van der Waals surface area contributed by atoms with E-state index in [-0.39, 0.29) is 17.9 Å². The van der Waals surface area contributed by atoms with Crippen molar-refractivity contribution in [2.45, 2.75) is 30.9 Å². The quantitative estimate of drug-likeness (QED) is 0.374. The highest BCUT2D eigenvalue weighted by Gasteiger charge is 2.20. The van der Waals surface area contributed by atoms with Gasteiger partial charge in [0, 0.05) is 16.7 Å². The minimum absolute atomic E-state index is 0.0275. The van der Waals surface area contributed by atoms with E-state index in [4.69, 9.17) is 0 Å². The molecule has 0 aliphatic rings. The van der Waals surface area contributed by atoms with Crippen molar-refractivity contribution >= 4 is 28.6 Å². The van der Waals surface area contributed by atoms with Crippen LogP contribution in [0.2, 0.25) is 0 Å². The lowest BCUT2D eigenvalue weighted by Gasteiger charge is -2.24. The van der Waals surface area contributed by atoms with Gasteiger partial charge in [0.25, 0.3) is 0 Å². The first-order chi connectivity index (χ1) is 14.6. The van der Waals surface area contributed by atoms with Gasteiger partial charge in [0.15, 0.2) is 5.82 Å². The van der Waals surface area contributed by atoms with Gasteiger partial charge in [-0.05, 0) is 24.1 Å². The van der Waals surface area contributed by atoms with E-state index in [1.807, 2.05) is 49.0 Å². The molecule has 0 aliphatic carbocycles. The van der Waals surface area contributed by atoms with Gasteiger partial charge in [-0.15, -0.1) is 0 Å². The molecule has 2 atom stereocenters. The Balaban J connectivity index is 1.56. The fourth-order valence-corrected chi connectivity index (χ4v) is 4.45. The van der Waals surface area contributed by atoms with Gasteiger partial charge in [0.05, 0.1) is 18.2 Å². The van der Waals surface area contributed by atoms with Crippen LogP contribution in [0.4, 0.5) is 5.82 Å². The monoisotopic (exact) mass is 418 g/mol. The zero-order valence-corrected chi connectivity index (χ0v) is 18.0. The second kappa shape index (κ2) is 9.32. The molecule has 154 valence electrons. The minimum Gasteiger partial charge on any atom is -0.394 e. The van der Waals surface area contributed by atoms with Crippen LogP contribution >= 0.6 is 11.8 Å². The van der Waals surface area contributed by atoms with Crippen LogP contribution in [0.15, 0.2) is 66.7 Å². The average molecular weight is 419 g/mol. The molecule has 0 aliphatic heterocycles. The molecule has 0 spiro atoms. The summed E-state index contributed by atoms with van der Waals surface area (Å²) in [5.41, 5.74) is 5.11. The molecular weight excluding hydrogens is 392 g/mol. The summed E-state index contributed by atoms with van der Waals surface area (Å²) in [6.07, 6.45) is 0. The number of fused-ring (bicyclic) bond motifs is 1. The third-order valence-electron chi connectivity index (χ3n) is 5.12. The summed E-state index contributed by atoms with van der Waals surface area (Å²) in [7, 11) is 0. The molecule has 5 nitrogen and oxygen atoms in total. The highest BCUT2D eigenvalue weighted by molar-refractivity contribution is 7.99. The number of benzene rings is 2. The molecule has 0 radical (unpaired) electrons. The number of aliphatic hydroxyl groups is 1. The number of H-pyrrole nitrogens is 1. The topological polar surface area (TPSA) is 73.8 Å². The Kier molecular flexibility index (Phi) is 6.35.